The first-order valence-electron chi connectivity index (χ1n) is 5.27. The fourth-order valence-electron chi connectivity index (χ4n) is 1.43. The Morgan fingerprint density at radius 2 is 2.24 bits per heavy atom. The molecule has 2 rings (SSSR count). The number of hydrogen-bond donors (Lipinski definition) is 3. The van der Waals surface area contributed by atoms with Crippen molar-refractivity contribution in [3.05, 3.63) is 18.0 Å². The predicted molar refractivity (Wildman–Crippen MR) is 56.0 cm³/mol. The zero-order valence-electron chi connectivity index (χ0n) is 9.10. The number of carboxylic acid groups (broad SMARTS) is 1. The Hall–Kier alpha value is -2.05. The van der Waals surface area contributed by atoms with Crippen LogP contribution in [0.15, 0.2) is 16.8 Å². The Morgan fingerprint density at radius 3 is 2.76 bits per heavy atom. The second-order valence-electron chi connectivity index (χ2n) is 4.10. The van der Waals surface area contributed by atoms with Crippen LogP contribution in [0.2, 0.25) is 0 Å². The molecule has 0 aliphatic heterocycles. The van der Waals surface area contributed by atoms with Gasteiger partial charge in [0, 0.05) is 12.6 Å². The monoisotopic (exact) mass is 239 g/mol. The standard InChI is InChI=1S/C10H13N3O4/c14-8(15)10(2-3-10)6-12-9(16)11-5-7-1-4-13-17-7/h1,4H,2-3,5-6H2,(H,14,15)(H2,11,12,16). The highest BCUT2D eigenvalue weighted by molar-refractivity contribution is 5.80. The molecular weight excluding hydrogens is 226 g/mol. The van der Waals surface area contributed by atoms with Gasteiger partial charge in [0.15, 0.2) is 5.76 Å². The Labute approximate surface area is 97.2 Å². The maximum Gasteiger partial charge on any atom is 0.315 e. The van der Waals surface area contributed by atoms with Gasteiger partial charge in [-0.15, -0.1) is 0 Å². The Bertz CT molecular complexity index is 411. The van der Waals surface area contributed by atoms with Crippen LogP contribution in [0.1, 0.15) is 18.6 Å². The summed E-state index contributed by atoms with van der Waals surface area (Å²) in [6, 6.07) is 1.23. The first-order valence-corrected chi connectivity index (χ1v) is 5.27. The summed E-state index contributed by atoms with van der Waals surface area (Å²) in [5.41, 5.74) is -0.746. The van der Waals surface area contributed by atoms with E-state index in [-0.39, 0.29) is 13.1 Å². The van der Waals surface area contributed by atoms with Gasteiger partial charge in [0.25, 0.3) is 0 Å². The van der Waals surface area contributed by atoms with E-state index >= 15 is 0 Å². The SMILES string of the molecule is O=C(NCc1ccno1)NCC1(C(=O)O)CC1. The summed E-state index contributed by atoms with van der Waals surface area (Å²) in [7, 11) is 0. The summed E-state index contributed by atoms with van der Waals surface area (Å²) in [5.74, 6) is -0.312. The molecule has 0 saturated heterocycles. The lowest BCUT2D eigenvalue weighted by atomic mass is 10.1. The molecule has 7 heteroatoms. The lowest BCUT2D eigenvalue weighted by Gasteiger charge is -2.11. The first kappa shape index (κ1) is 11.4. The van der Waals surface area contributed by atoms with Gasteiger partial charge in [-0.05, 0) is 12.8 Å². The number of carbonyl (C=O) groups excluding carboxylic acids is 1. The molecule has 1 aromatic rings. The molecular formula is C10H13N3O4. The van der Waals surface area contributed by atoms with Crippen LogP contribution >= 0.6 is 0 Å². The van der Waals surface area contributed by atoms with Crippen molar-refractivity contribution in [2.75, 3.05) is 6.54 Å². The van der Waals surface area contributed by atoms with Crippen molar-refractivity contribution in [2.24, 2.45) is 5.41 Å². The Balaban J connectivity index is 1.70. The molecule has 1 aliphatic rings. The molecule has 0 aromatic carbocycles. The van der Waals surface area contributed by atoms with Crippen molar-refractivity contribution in [1.82, 2.24) is 15.8 Å². The van der Waals surface area contributed by atoms with E-state index in [0.717, 1.165) is 0 Å². The van der Waals surface area contributed by atoms with Gasteiger partial charge in [0.2, 0.25) is 0 Å². The number of urea groups is 1. The quantitative estimate of drug-likeness (QED) is 0.687. The van der Waals surface area contributed by atoms with Crippen LogP contribution < -0.4 is 10.6 Å². The summed E-state index contributed by atoms with van der Waals surface area (Å²) in [5, 5.41) is 17.5. The van der Waals surface area contributed by atoms with E-state index in [2.05, 4.69) is 15.8 Å². The predicted octanol–water partition coefficient (Wildman–Crippen LogP) is 0.339. The molecule has 2 amide bonds. The van der Waals surface area contributed by atoms with Gasteiger partial charge < -0.3 is 20.3 Å². The molecule has 17 heavy (non-hydrogen) atoms. The minimum Gasteiger partial charge on any atom is -0.481 e. The van der Waals surface area contributed by atoms with Crippen molar-refractivity contribution in [1.29, 1.82) is 0 Å². The molecule has 92 valence electrons. The second-order valence-corrected chi connectivity index (χ2v) is 4.10. The molecule has 0 spiro atoms. The number of carbonyl (C=O) groups is 2. The summed E-state index contributed by atoms with van der Waals surface area (Å²) in [4.78, 5) is 22.2. The molecule has 1 aromatic heterocycles. The van der Waals surface area contributed by atoms with Gasteiger partial charge in [-0.25, -0.2) is 4.79 Å². The number of amides is 2. The third-order valence-corrected chi connectivity index (χ3v) is 2.81. The van der Waals surface area contributed by atoms with Gasteiger partial charge in [-0.1, -0.05) is 5.16 Å². The molecule has 1 aliphatic carbocycles. The normalized spacial score (nSPS) is 16.2. The minimum absolute atomic E-state index is 0.157. The van der Waals surface area contributed by atoms with E-state index < -0.39 is 17.4 Å². The average molecular weight is 239 g/mol. The van der Waals surface area contributed by atoms with Crippen LogP contribution in [-0.4, -0.2) is 28.8 Å². The van der Waals surface area contributed by atoms with Crippen LogP contribution in [0.4, 0.5) is 4.79 Å². The molecule has 7 nitrogen and oxygen atoms in total. The van der Waals surface area contributed by atoms with Crippen LogP contribution in [-0.2, 0) is 11.3 Å². The zero-order chi connectivity index (χ0) is 12.3. The summed E-state index contributed by atoms with van der Waals surface area (Å²) in [6.45, 7) is 0.385. The van der Waals surface area contributed by atoms with Gasteiger partial charge in [-0.3, -0.25) is 4.79 Å². The molecule has 0 bridgehead atoms. The second kappa shape index (κ2) is 4.44. The summed E-state index contributed by atoms with van der Waals surface area (Å²) >= 11 is 0. The van der Waals surface area contributed by atoms with Gasteiger partial charge in [-0.2, -0.15) is 0 Å². The molecule has 1 fully saturated rings. The number of aliphatic carboxylic acids is 1. The van der Waals surface area contributed by atoms with Crippen molar-refractivity contribution < 1.29 is 19.2 Å². The molecule has 3 N–H and O–H groups in total. The van der Waals surface area contributed by atoms with E-state index in [1.54, 1.807) is 6.07 Å². The highest BCUT2D eigenvalue weighted by Gasteiger charge is 2.50. The number of nitrogens with one attached hydrogen (secondary N) is 2. The van der Waals surface area contributed by atoms with Crippen molar-refractivity contribution in [3.63, 3.8) is 0 Å². The molecule has 0 unspecified atom stereocenters. The minimum atomic E-state index is -0.854. The molecule has 1 saturated carbocycles. The van der Waals surface area contributed by atoms with E-state index in [1.807, 2.05) is 0 Å². The fraction of sp³-hybridized carbons (Fsp3) is 0.500. The number of nitrogens with zero attached hydrogens (tertiary/aromatic N) is 1. The van der Waals surface area contributed by atoms with Crippen LogP contribution in [0.25, 0.3) is 0 Å². The largest absolute Gasteiger partial charge is 0.481 e. The lowest BCUT2D eigenvalue weighted by molar-refractivity contribution is -0.143. The highest BCUT2D eigenvalue weighted by Crippen LogP contribution is 2.45. The van der Waals surface area contributed by atoms with Crippen molar-refractivity contribution >= 4 is 12.0 Å². The highest BCUT2D eigenvalue weighted by atomic mass is 16.5. The number of rotatable bonds is 5. The van der Waals surface area contributed by atoms with E-state index in [4.69, 9.17) is 9.63 Å². The van der Waals surface area contributed by atoms with Crippen molar-refractivity contribution in [3.8, 4) is 0 Å². The van der Waals surface area contributed by atoms with Gasteiger partial charge in [0.1, 0.15) is 0 Å². The number of hydrogen-bond acceptors (Lipinski definition) is 4. The van der Waals surface area contributed by atoms with E-state index in [1.165, 1.54) is 6.20 Å². The molecule has 0 atom stereocenters. The third-order valence-electron chi connectivity index (χ3n) is 2.81. The van der Waals surface area contributed by atoms with Crippen LogP contribution in [0.5, 0.6) is 0 Å². The topological polar surface area (TPSA) is 104 Å². The third kappa shape index (κ3) is 2.74. The van der Waals surface area contributed by atoms with Crippen molar-refractivity contribution in [2.45, 2.75) is 19.4 Å². The maximum atomic E-state index is 11.4. The smallest absolute Gasteiger partial charge is 0.315 e. The first-order chi connectivity index (χ1) is 8.12. The van der Waals surface area contributed by atoms with Crippen LogP contribution in [0, 0.1) is 5.41 Å². The zero-order valence-corrected chi connectivity index (χ0v) is 9.10. The molecule has 0 radical (unpaired) electrons. The van der Waals surface area contributed by atoms with Crippen LogP contribution in [0.3, 0.4) is 0 Å². The average Bonchev–Trinajstić information content (AvgIpc) is 2.93. The van der Waals surface area contributed by atoms with Gasteiger partial charge in [0.05, 0.1) is 18.2 Å². The lowest BCUT2D eigenvalue weighted by Crippen LogP contribution is -2.40. The Kier molecular flexibility index (Phi) is 2.99. The Morgan fingerprint density at radius 1 is 1.47 bits per heavy atom. The summed E-state index contributed by atoms with van der Waals surface area (Å²) < 4.78 is 4.79. The molecule has 1 heterocycles. The number of aromatic nitrogens is 1. The fourth-order valence-corrected chi connectivity index (χ4v) is 1.43. The van der Waals surface area contributed by atoms with Gasteiger partial charge >= 0.3 is 12.0 Å². The summed E-state index contributed by atoms with van der Waals surface area (Å²) in [6.07, 6.45) is 2.72. The maximum absolute atomic E-state index is 11.4. The van der Waals surface area contributed by atoms with E-state index in [9.17, 15) is 9.59 Å². The number of carboxylic acids is 1. The van der Waals surface area contributed by atoms with E-state index in [0.29, 0.717) is 18.6 Å².